The first-order valence-corrected chi connectivity index (χ1v) is 11.5. The molecule has 3 aromatic carbocycles. The standard InChI is InChI=1S/C28H26N4O2/c1-18-13-23-24(14-19(18)2)32(26-25(29-23)27(33)31-28(34)30-26)17-22(15-20-9-5-3-6-10-20)16-21-11-7-4-8-12-21/h3-14,22H,15-17H2,1-2H3,(H,31,33,34). The molecule has 170 valence electrons. The summed E-state index contributed by atoms with van der Waals surface area (Å²) < 4.78 is 2.01. The summed E-state index contributed by atoms with van der Waals surface area (Å²) in [7, 11) is 0. The zero-order chi connectivity index (χ0) is 23.7. The van der Waals surface area contributed by atoms with Crippen LogP contribution in [0, 0.1) is 19.8 Å². The van der Waals surface area contributed by atoms with E-state index in [4.69, 9.17) is 0 Å². The highest BCUT2D eigenvalue weighted by Crippen LogP contribution is 2.26. The molecule has 0 unspecified atom stereocenters. The maximum absolute atomic E-state index is 12.6. The van der Waals surface area contributed by atoms with Crippen molar-refractivity contribution in [1.82, 2.24) is 19.5 Å². The molecule has 2 aliphatic heterocycles. The van der Waals surface area contributed by atoms with Crippen molar-refractivity contribution in [2.75, 3.05) is 0 Å². The lowest BCUT2D eigenvalue weighted by Crippen LogP contribution is -2.30. The maximum atomic E-state index is 12.6. The molecule has 0 saturated carbocycles. The quantitative estimate of drug-likeness (QED) is 0.391. The van der Waals surface area contributed by atoms with Crippen LogP contribution in [0.3, 0.4) is 0 Å². The van der Waals surface area contributed by atoms with Gasteiger partial charge < -0.3 is 4.57 Å². The van der Waals surface area contributed by atoms with Crippen molar-refractivity contribution in [2.24, 2.45) is 5.92 Å². The van der Waals surface area contributed by atoms with E-state index in [0.29, 0.717) is 12.4 Å². The average molecular weight is 451 g/mol. The summed E-state index contributed by atoms with van der Waals surface area (Å²) in [6.07, 6.45) is 1.71. The van der Waals surface area contributed by atoms with Crippen LogP contribution in [-0.4, -0.2) is 19.5 Å². The van der Waals surface area contributed by atoms with E-state index in [1.54, 1.807) is 0 Å². The number of fused-ring (bicyclic) bond motifs is 2. The Hall–Kier alpha value is -4.06. The van der Waals surface area contributed by atoms with Gasteiger partial charge >= 0.3 is 5.69 Å². The van der Waals surface area contributed by atoms with Crippen LogP contribution in [0.15, 0.2) is 82.4 Å². The topological polar surface area (TPSA) is 80.6 Å². The summed E-state index contributed by atoms with van der Waals surface area (Å²) in [5.74, 6) is 0.539. The normalized spacial score (nSPS) is 11.5. The Morgan fingerprint density at radius 1 is 0.824 bits per heavy atom. The number of aromatic nitrogens is 4. The summed E-state index contributed by atoms with van der Waals surface area (Å²) in [5.41, 5.74) is 5.33. The van der Waals surface area contributed by atoms with Crippen LogP contribution in [0.5, 0.6) is 0 Å². The number of aryl methyl sites for hydroxylation is 2. The lowest BCUT2D eigenvalue weighted by Gasteiger charge is -2.23. The Morgan fingerprint density at radius 2 is 1.41 bits per heavy atom. The van der Waals surface area contributed by atoms with Gasteiger partial charge in [-0.15, -0.1) is 0 Å². The second-order valence-electron chi connectivity index (χ2n) is 8.94. The summed E-state index contributed by atoms with van der Waals surface area (Å²) in [6, 6.07) is 24.9. The predicted octanol–water partition coefficient (Wildman–Crippen LogP) is 4.30. The zero-order valence-electron chi connectivity index (χ0n) is 19.3. The van der Waals surface area contributed by atoms with Gasteiger partial charge in [0.1, 0.15) is 0 Å². The molecule has 0 atom stereocenters. The third-order valence-electron chi connectivity index (χ3n) is 6.40. The van der Waals surface area contributed by atoms with Gasteiger partial charge in [-0.25, -0.2) is 9.78 Å². The van der Waals surface area contributed by atoms with Gasteiger partial charge in [0.25, 0.3) is 5.56 Å². The van der Waals surface area contributed by atoms with E-state index < -0.39 is 11.2 Å². The maximum Gasteiger partial charge on any atom is 0.349 e. The number of rotatable bonds is 6. The average Bonchev–Trinajstić information content (AvgIpc) is 2.82. The molecule has 6 heteroatoms. The molecule has 34 heavy (non-hydrogen) atoms. The number of aromatic amines is 1. The number of hydrogen-bond donors (Lipinski definition) is 1. The minimum Gasteiger partial charge on any atom is -0.322 e. The Bertz CT molecular complexity index is 1500. The molecular weight excluding hydrogens is 424 g/mol. The smallest absolute Gasteiger partial charge is 0.322 e. The van der Waals surface area contributed by atoms with Crippen molar-refractivity contribution in [3.8, 4) is 11.5 Å². The van der Waals surface area contributed by atoms with E-state index in [9.17, 15) is 9.59 Å². The number of nitrogens with one attached hydrogen (secondary N) is 1. The summed E-state index contributed by atoms with van der Waals surface area (Å²) >= 11 is 0. The Labute approximate surface area is 197 Å². The third-order valence-corrected chi connectivity index (χ3v) is 6.40. The molecule has 0 spiro atoms. The van der Waals surface area contributed by atoms with Gasteiger partial charge in [0.2, 0.25) is 0 Å². The first-order chi connectivity index (χ1) is 16.5. The number of benzene rings is 3. The van der Waals surface area contributed by atoms with Crippen LogP contribution < -0.4 is 11.2 Å². The second kappa shape index (κ2) is 9.06. The molecule has 5 rings (SSSR count). The van der Waals surface area contributed by atoms with E-state index >= 15 is 0 Å². The molecule has 0 bridgehead atoms. The predicted molar refractivity (Wildman–Crippen MR) is 134 cm³/mol. The van der Waals surface area contributed by atoms with Crippen molar-refractivity contribution in [3.05, 3.63) is 116 Å². The van der Waals surface area contributed by atoms with Crippen molar-refractivity contribution in [2.45, 2.75) is 33.2 Å². The highest BCUT2D eigenvalue weighted by molar-refractivity contribution is 5.81. The van der Waals surface area contributed by atoms with Gasteiger partial charge in [0.05, 0.1) is 11.0 Å². The fraction of sp³-hybridized carbons (Fsp3) is 0.214. The molecule has 3 aromatic rings. The molecule has 1 N–H and O–H groups in total. The summed E-state index contributed by atoms with van der Waals surface area (Å²) in [4.78, 5) is 35.9. The van der Waals surface area contributed by atoms with Crippen molar-refractivity contribution in [1.29, 1.82) is 0 Å². The second-order valence-corrected chi connectivity index (χ2v) is 8.94. The lowest BCUT2D eigenvalue weighted by atomic mass is 9.92. The van der Waals surface area contributed by atoms with E-state index in [1.165, 1.54) is 11.1 Å². The van der Waals surface area contributed by atoms with Crippen molar-refractivity contribution >= 4 is 11.0 Å². The largest absolute Gasteiger partial charge is 0.349 e. The number of H-pyrrole nitrogens is 1. The van der Waals surface area contributed by atoms with Gasteiger partial charge in [-0.1, -0.05) is 60.7 Å². The highest BCUT2D eigenvalue weighted by Gasteiger charge is 2.22. The van der Waals surface area contributed by atoms with E-state index in [2.05, 4.69) is 76.5 Å². The summed E-state index contributed by atoms with van der Waals surface area (Å²) in [6.45, 7) is 4.68. The first kappa shape index (κ1) is 21.8. The molecule has 0 radical (unpaired) electrons. The lowest BCUT2D eigenvalue weighted by molar-refractivity contribution is 0.444. The van der Waals surface area contributed by atoms with Crippen LogP contribution in [0.2, 0.25) is 0 Å². The van der Waals surface area contributed by atoms with Gasteiger partial charge in [-0.05, 0) is 67.0 Å². The highest BCUT2D eigenvalue weighted by atomic mass is 16.2. The molecule has 0 saturated heterocycles. The Kier molecular flexibility index (Phi) is 5.80. The summed E-state index contributed by atoms with van der Waals surface area (Å²) in [5, 5.41) is 0. The van der Waals surface area contributed by atoms with Gasteiger partial charge in [-0.3, -0.25) is 9.78 Å². The fourth-order valence-corrected chi connectivity index (χ4v) is 4.59. The van der Waals surface area contributed by atoms with Crippen LogP contribution in [-0.2, 0) is 19.4 Å². The van der Waals surface area contributed by atoms with Crippen LogP contribution >= 0.6 is 0 Å². The third kappa shape index (κ3) is 4.39. The minimum atomic E-state index is -0.654. The van der Waals surface area contributed by atoms with Gasteiger partial charge in [0, 0.05) is 6.54 Å². The molecular formula is C28H26N4O2. The molecule has 0 fully saturated rings. The van der Waals surface area contributed by atoms with Gasteiger partial charge in [0.15, 0.2) is 11.5 Å². The minimum absolute atomic E-state index is 0.188. The van der Waals surface area contributed by atoms with E-state index in [-0.39, 0.29) is 11.6 Å². The molecule has 6 nitrogen and oxygen atoms in total. The van der Waals surface area contributed by atoms with Crippen molar-refractivity contribution in [3.63, 3.8) is 0 Å². The van der Waals surface area contributed by atoms with E-state index in [0.717, 1.165) is 35.0 Å². The molecule has 2 aliphatic rings. The monoisotopic (exact) mass is 450 g/mol. The van der Waals surface area contributed by atoms with Crippen molar-refractivity contribution < 1.29 is 0 Å². The molecule has 0 amide bonds. The van der Waals surface area contributed by atoms with Crippen LogP contribution in [0.1, 0.15) is 22.3 Å². The Morgan fingerprint density at radius 3 is 2.03 bits per heavy atom. The first-order valence-electron chi connectivity index (χ1n) is 11.5. The molecule has 0 aliphatic carbocycles. The van der Waals surface area contributed by atoms with Gasteiger partial charge in [-0.2, -0.15) is 4.98 Å². The molecule has 0 aromatic heterocycles. The SMILES string of the molecule is Cc1cc2nc3c(=O)[nH]c(=O)nc-3n(CC(Cc3ccccc3)Cc3ccccc3)c2cc1C. The zero-order valence-corrected chi connectivity index (χ0v) is 19.3. The van der Waals surface area contributed by atoms with Crippen LogP contribution in [0.25, 0.3) is 22.6 Å². The molecule has 2 heterocycles. The number of nitrogens with zero attached hydrogens (tertiary/aromatic N) is 3. The Balaban J connectivity index is 1.68. The fourth-order valence-electron chi connectivity index (χ4n) is 4.59. The van der Waals surface area contributed by atoms with Crippen LogP contribution in [0.4, 0.5) is 0 Å². The van der Waals surface area contributed by atoms with E-state index in [1.807, 2.05) is 29.7 Å². The number of hydrogen-bond acceptors (Lipinski definition) is 4.